The predicted molar refractivity (Wildman–Crippen MR) is 46.2 cm³/mol. The lowest BCUT2D eigenvalue weighted by atomic mass is 10.5. The van der Waals surface area contributed by atoms with Crippen molar-refractivity contribution in [3.63, 3.8) is 0 Å². The van der Waals surface area contributed by atoms with Crippen molar-refractivity contribution in [1.29, 1.82) is 0 Å². The first-order chi connectivity index (χ1) is 6.61. The summed E-state index contributed by atoms with van der Waals surface area (Å²) in [5.41, 5.74) is 1.86. The highest BCUT2D eigenvalue weighted by Gasteiger charge is 2.23. The molecule has 8 heteroatoms. The van der Waals surface area contributed by atoms with Gasteiger partial charge in [0.1, 0.15) is 6.20 Å². The first-order valence-corrected chi connectivity index (χ1v) is 3.82. The van der Waals surface area contributed by atoms with Gasteiger partial charge < -0.3 is 10.1 Å². The van der Waals surface area contributed by atoms with Gasteiger partial charge in [0.15, 0.2) is 0 Å². The van der Waals surface area contributed by atoms with Gasteiger partial charge in [-0.2, -0.15) is 0 Å². The molecule has 0 aliphatic rings. The van der Waals surface area contributed by atoms with Gasteiger partial charge in [-0.25, -0.2) is 15.4 Å². The quantitative estimate of drug-likeness (QED) is 0.292. The Balaban J connectivity index is 3.20. The second-order valence-electron chi connectivity index (χ2n) is 2.41. The lowest BCUT2D eigenvalue weighted by Crippen LogP contribution is -2.32. The van der Waals surface area contributed by atoms with E-state index in [0.29, 0.717) is 0 Å². The number of hydrogen-bond donors (Lipinski definition) is 2. The van der Waals surface area contributed by atoms with E-state index in [1.54, 1.807) is 6.92 Å². The number of amides is 1. The summed E-state index contributed by atoms with van der Waals surface area (Å²) >= 11 is 0. The largest absolute Gasteiger partial charge is 0.358 e. The minimum atomic E-state index is -0.653. The molecule has 8 nitrogen and oxygen atoms in total. The number of carbonyl (C=O) groups is 1. The standard InChI is InChI=1S/C6H9N5O3/c1-2-10-4(11(13)14)3-8-5(10)6(12)9-7/h3H,2,7H2,1H3,(H,9,12). The molecule has 0 aromatic carbocycles. The SMILES string of the molecule is CCn1c([N+](=O)[O-])cnc1C(=O)NN. The molecule has 0 unspecified atom stereocenters. The number of nitrogens with two attached hydrogens (primary N) is 1. The molecular formula is C6H9N5O3. The number of hydrogen-bond acceptors (Lipinski definition) is 5. The topological polar surface area (TPSA) is 116 Å². The molecule has 3 N–H and O–H groups in total. The normalized spacial score (nSPS) is 9.86. The zero-order chi connectivity index (χ0) is 10.7. The van der Waals surface area contributed by atoms with E-state index in [9.17, 15) is 14.9 Å². The lowest BCUT2D eigenvalue weighted by molar-refractivity contribution is -0.392. The van der Waals surface area contributed by atoms with Crippen LogP contribution in [0.25, 0.3) is 0 Å². The number of nitro groups is 1. The van der Waals surface area contributed by atoms with E-state index < -0.39 is 10.8 Å². The van der Waals surface area contributed by atoms with Crippen LogP contribution in [0.1, 0.15) is 17.5 Å². The number of imidazole rings is 1. The highest BCUT2D eigenvalue weighted by Crippen LogP contribution is 2.13. The van der Waals surface area contributed by atoms with Gasteiger partial charge in [-0.15, -0.1) is 0 Å². The van der Waals surface area contributed by atoms with E-state index in [0.717, 1.165) is 6.20 Å². The average molecular weight is 199 g/mol. The molecule has 1 aromatic heterocycles. The third kappa shape index (κ3) is 1.55. The molecule has 0 atom stereocenters. The van der Waals surface area contributed by atoms with Gasteiger partial charge in [0.2, 0.25) is 0 Å². The van der Waals surface area contributed by atoms with Gasteiger partial charge in [-0.3, -0.25) is 10.2 Å². The predicted octanol–water partition coefficient (Wildman–Crippen LogP) is -0.585. The first kappa shape index (κ1) is 10.1. The number of rotatable bonds is 3. The summed E-state index contributed by atoms with van der Waals surface area (Å²) in [4.78, 5) is 24.6. The molecule has 0 aliphatic heterocycles. The third-order valence-electron chi connectivity index (χ3n) is 1.67. The summed E-state index contributed by atoms with van der Waals surface area (Å²) in [6, 6.07) is 0. The van der Waals surface area contributed by atoms with Gasteiger partial charge in [0, 0.05) is 0 Å². The average Bonchev–Trinajstić information content (AvgIpc) is 2.59. The lowest BCUT2D eigenvalue weighted by Gasteiger charge is -1.99. The number of hydrazine groups is 1. The Kier molecular flexibility index (Phi) is 2.77. The molecule has 1 aromatic rings. The Bertz CT molecular complexity index is 372. The maximum atomic E-state index is 11.1. The van der Waals surface area contributed by atoms with E-state index in [1.165, 1.54) is 4.57 Å². The van der Waals surface area contributed by atoms with Crippen molar-refractivity contribution in [2.45, 2.75) is 13.5 Å². The number of aromatic nitrogens is 2. The van der Waals surface area contributed by atoms with Crippen LogP contribution in [0.4, 0.5) is 5.82 Å². The van der Waals surface area contributed by atoms with Crippen molar-refractivity contribution in [1.82, 2.24) is 15.0 Å². The molecule has 0 saturated carbocycles. The monoisotopic (exact) mass is 199 g/mol. The van der Waals surface area contributed by atoms with E-state index in [1.807, 2.05) is 5.43 Å². The highest BCUT2D eigenvalue weighted by molar-refractivity contribution is 5.90. The van der Waals surface area contributed by atoms with Crippen LogP contribution in [-0.4, -0.2) is 20.4 Å². The van der Waals surface area contributed by atoms with E-state index in [-0.39, 0.29) is 18.2 Å². The Morgan fingerprint density at radius 1 is 1.86 bits per heavy atom. The van der Waals surface area contributed by atoms with Gasteiger partial charge in [0.05, 0.1) is 6.54 Å². The molecule has 0 spiro atoms. The van der Waals surface area contributed by atoms with E-state index >= 15 is 0 Å². The van der Waals surface area contributed by atoms with Crippen LogP contribution in [0.3, 0.4) is 0 Å². The molecule has 0 fully saturated rings. The maximum absolute atomic E-state index is 11.1. The van der Waals surface area contributed by atoms with Crippen molar-refractivity contribution in [3.05, 3.63) is 22.1 Å². The summed E-state index contributed by atoms with van der Waals surface area (Å²) in [7, 11) is 0. The van der Waals surface area contributed by atoms with Crippen molar-refractivity contribution < 1.29 is 9.72 Å². The highest BCUT2D eigenvalue weighted by atomic mass is 16.6. The minimum absolute atomic E-state index is 0.0679. The number of carbonyl (C=O) groups excluding carboxylic acids is 1. The number of nitrogens with zero attached hydrogens (tertiary/aromatic N) is 3. The fourth-order valence-corrected chi connectivity index (χ4v) is 1.07. The van der Waals surface area contributed by atoms with Gasteiger partial charge in [0.25, 0.3) is 5.82 Å². The molecular weight excluding hydrogens is 190 g/mol. The number of nitrogens with one attached hydrogen (secondary N) is 1. The first-order valence-electron chi connectivity index (χ1n) is 3.82. The summed E-state index contributed by atoms with van der Waals surface area (Å²) in [5.74, 6) is 3.94. The summed E-state index contributed by atoms with van der Waals surface area (Å²) in [5, 5.41) is 10.5. The zero-order valence-electron chi connectivity index (χ0n) is 7.43. The van der Waals surface area contributed by atoms with Gasteiger partial charge in [-0.1, -0.05) is 0 Å². The molecule has 1 amide bonds. The number of nitrogen functional groups attached to an aromatic ring is 1. The van der Waals surface area contributed by atoms with Crippen LogP contribution < -0.4 is 11.3 Å². The second-order valence-corrected chi connectivity index (χ2v) is 2.41. The van der Waals surface area contributed by atoms with Crippen LogP contribution >= 0.6 is 0 Å². The summed E-state index contributed by atoms with van der Waals surface area (Å²) in [6.45, 7) is 1.95. The molecule has 0 aliphatic carbocycles. The molecule has 0 bridgehead atoms. The van der Waals surface area contributed by atoms with E-state index in [2.05, 4.69) is 4.98 Å². The Hall–Kier alpha value is -1.96. The van der Waals surface area contributed by atoms with Gasteiger partial charge >= 0.3 is 11.7 Å². The molecule has 0 radical (unpaired) electrons. The Labute approximate surface area is 78.8 Å². The molecule has 0 saturated heterocycles. The van der Waals surface area contributed by atoms with Crippen LogP contribution in [0.5, 0.6) is 0 Å². The third-order valence-corrected chi connectivity index (χ3v) is 1.67. The van der Waals surface area contributed by atoms with E-state index in [4.69, 9.17) is 5.84 Å². The maximum Gasteiger partial charge on any atom is 0.343 e. The molecule has 1 heterocycles. The van der Waals surface area contributed by atoms with Crippen molar-refractivity contribution >= 4 is 11.7 Å². The van der Waals surface area contributed by atoms with Gasteiger partial charge in [-0.05, 0) is 11.8 Å². The Morgan fingerprint density at radius 3 is 2.93 bits per heavy atom. The Morgan fingerprint density at radius 2 is 2.50 bits per heavy atom. The fourth-order valence-electron chi connectivity index (χ4n) is 1.07. The van der Waals surface area contributed by atoms with Crippen LogP contribution in [-0.2, 0) is 6.54 Å². The minimum Gasteiger partial charge on any atom is -0.358 e. The molecule has 1 rings (SSSR count). The van der Waals surface area contributed by atoms with Crippen molar-refractivity contribution in [3.8, 4) is 0 Å². The molecule has 14 heavy (non-hydrogen) atoms. The van der Waals surface area contributed by atoms with Crippen LogP contribution in [0.2, 0.25) is 0 Å². The van der Waals surface area contributed by atoms with Crippen LogP contribution in [0, 0.1) is 10.1 Å². The smallest absolute Gasteiger partial charge is 0.343 e. The summed E-state index contributed by atoms with van der Waals surface area (Å²) < 4.78 is 1.17. The van der Waals surface area contributed by atoms with Crippen molar-refractivity contribution in [2.24, 2.45) is 5.84 Å². The molecule has 76 valence electrons. The fraction of sp³-hybridized carbons (Fsp3) is 0.333. The summed E-state index contributed by atoms with van der Waals surface area (Å²) in [6.07, 6.45) is 1.02. The van der Waals surface area contributed by atoms with Crippen molar-refractivity contribution in [2.75, 3.05) is 0 Å². The second kappa shape index (κ2) is 3.83. The zero-order valence-corrected chi connectivity index (χ0v) is 7.43. The van der Waals surface area contributed by atoms with Crippen LogP contribution in [0.15, 0.2) is 6.20 Å².